The Labute approximate surface area is 135 Å². The quantitative estimate of drug-likeness (QED) is 0.914. The van der Waals surface area contributed by atoms with Gasteiger partial charge >= 0.3 is 0 Å². The lowest BCUT2D eigenvalue weighted by molar-refractivity contribution is 0.390. The van der Waals surface area contributed by atoms with Crippen molar-refractivity contribution in [1.29, 1.82) is 0 Å². The summed E-state index contributed by atoms with van der Waals surface area (Å²) < 4.78 is 29.7. The topological polar surface area (TPSA) is 89.8 Å². The van der Waals surface area contributed by atoms with Crippen molar-refractivity contribution in [3.63, 3.8) is 0 Å². The van der Waals surface area contributed by atoms with E-state index in [9.17, 15) is 8.42 Å². The molecule has 23 heavy (non-hydrogen) atoms. The fraction of sp³-hybridized carbons (Fsp3) is 0.533. The Balaban J connectivity index is 1.58. The van der Waals surface area contributed by atoms with Crippen LogP contribution in [0, 0.1) is 18.8 Å². The Morgan fingerprint density at radius 2 is 2.13 bits per heavy atom. The minimum Gasteiger partial charge on any atom is -0.208 e. The molecule has 1 aromatic heterocycles. The molecule has 2 aliphatic carbocycles. The number of fused-ring (bicyclic) bond motifs is 2. The van der Waals surface area contributed by atoms with E-state index in [0.717, 1.165) is 24.1 Å². The Kier molecular flexibility index (Phi) is 3.46. The summed E-state index contributed by atoms with van der Waals surface area (Å²) in [5.41, 5.74) is 1.59. The lowest BCUT2D eigenvalue weighted by Crippen LogP contribution is -2.38. The van der Waals surface area contributed by atoms with Crippen molar-refractivity contribution < 1.29 is 8.42 Å². The first-order chi connectivity index (χ1) is 11.0. The van der Waals surface area contributed by atoms with Crippen LogP contribution in [0.2, 0.25) is 0 Å². The number of tetrazole rings is 1. The highest BCUT2D eigenvalue weighted by Gasteiger charge is 2.41. The smallest absolute Gasteiger partial charge is 0.208 e. The van der Waals surface area contributed by atoms with Crippen LogP contribution in [0.1, 0.15) is 31.2 Å². The minimum absolute atomic E-state index is 0.0956. The highest BCUT2D eigenvalue weighted by molar-refractivity contribution is 7.89. The van der Waals surface area contributed by atoms with Crippen molar-refractivity contribution in [2.75, 3.05) is 0 Å². The van der Waals surface area contributed by atoms with Crippen LogP contribution in [-0.4, -0.2) is 34.7 Å². The van der Waals surface area contributed by atoms with Crippen LogP contribution < -0.4 is 4.72 Å². The fourth-order valence-corrected chi connectivity index (χ4v) is 5.38. The third-order valence-electron chi connectivity index (χ3n) is 5.12. The Hall–Kier alpha value is -1.80. The molecule has 0 amide bonds. The van der Waals surface area contributed by atoms with Crippen molar-refractivity contribution in [2.45, 2.75) is 43.5 Å². The second kappa shape index (κ2) is 5.38. The van der Waals surface area contributed by atoms with Crippen molar-refractivity contribution in [1.82, 2.24) is 24.9 Å². The first-order valence-corrected chi connectivity index (χ1v) is 9.37. The van der Waals surface area contributed by atoms with Gasteiger partial charge < -0.3 is 0 Å². The van der Waals surface area contributed by atoms with Gasteiger partial charge in [0.1, 0.15) is 6.33 Å². The molecule has 0 aliphatic heterocycles. The number of benzene rings is 1. The number of hydrogen-bond acceptors (Lipinski definition) is 5. The molecule has 0 spiro atoms. The third kappa shape index (κ3) is 2.66. The second-order valence-corrected chi connectivity index (χ2v) is 8.32. The van der Waals surface area contributed by atoms with Crippen LogP contribution in [0.15, 0.2) is 29.4 Å². The number of aryl methyl sites for hydroxylation is 1. The van der Waals surface area contributed by atoms with E-state index in [0.29, 0.717) is 16.7 Å². The van der Waals surface area contributed by atoms with E-state index in [2.05, 4.69) is 20.2 Å². The van der Waals surface area contributed by atoms with Crippen molar-refractivity contribution >= 4 is 10.0 Å². The summed E-state index contributed by atoms with van der Waals surface area (Å²) in [6, 6.07) is 5.12. The molecule has 3 atom stereocenters. The summed E-state index contributed by atoms with van der Waals surface area (Å²) in [5.74, 6) is 1.22. The van der Waals surface area contributed by atoms with Gasteiger partial charge in [-0.15, -0.1) is 5.10 Å². The predicted octanol–water partition coefficient (Wildman–Crippen LogP) is 1.44. The predicted molar refractivity (Wildman–Crippen MR) is 83.4 cm³/mol. The molecule has 2 bridgehead atoms. The van der Waals surface area contributed by atoms with Gasteiger partial charge in [0.15, 0.2) is 0 Å². The van der Waals surface area contributed by atoms with E-state index < -0.39 is 10.0 Å². The highest BCUT2D eigenvalue weighted by Crippen LogP contribution is 2.44. The van der Waals surface area contributed by atoms with Gasteiger partial charge in [0.05, 0.1) is 10.6 Å². The Morgan fingerprint density at radius 1 is 1.26 bits per heavy atom. The largest absolute Gasteiger partial charge is 0.240 e. The number of nitrogens with one attached hydrogen (secondary N) is 1. The van der Waals surface area contributed by atoms with Crippen molar-refractivity contribution in [3.8, 4) is 5.69 Å². The van der Waals surface area contributed by atoms with Crippen LogP contribution in [0.5, 0.6) is 0 Å². The van der Waals surface area contributed by atoms with Crippen molar-refractivity contribution in [3.05, 3.63) is 30.1 Å². The van der Waals surface area contributed by atoms with Gasteiger partial charge in [-0.25, -0.2) is 17.8 Å². The zero-order chi connectivity index (χ0) is 16.0. The monoisotopic (exact) mass is 333 g/mol. The zero-order valence-corrected chi connectivity index (χ0v) is 13.7. The minimum atomic E-state index is -3.49. The van der Waals surface area contributed by atoms with Crippen LogP contribution >= 0.6 is 0 Å². The molecule has 2 aliphatic rings. The number of rotatable bonds is 4. The summed E-state index contributed by atoms with van der Waals surface area (Å²) >= 11 is 0. The SMILES string of the molecule is Cc1cc(S(=O)(=O)N[C@H]2C[C@H]3CC[C@@H]2C3)ccc1-n1cnnn1. The standard InChI is InChI=1S/C15H19N5O2S/c1-10-6-13(4-5-15(10)20-9-16-18-19-20)23(21,22)17-14-8-11-2-3-12(14)7-11/h4-6,9,11-12,14,17H,2-3,7-8H2,1H3/t11-,12+,14-/m0/s1. The molecule has 1 heterocycles. The van der Waals surface area contributed by atoms with E-state index in [-0.39, 0.29) is 6.04 Å². The van der Waals surface area contributed by atoms with E-state index >= 15 is 0 Å². The van der Waals surface area contributed by atoms with Gasteiger partial charge in [0.25, 0.3) is 0 Å². The van der Waals surface area contributed by atoms with Crippen LogP contribution in [0.3, 0.4) is 0 Å². The Bertz CT molecular complexity index is 818. The number of aromatic nitrogens is 4. The summed E-state index contributed by atoms with van der Waals surface area (Å²) in [7, 11) is -3.49. The lowest BCUT2D eigenvalue weighted by Gasteiger charge is -2.23. The molecule has 1 N–H and O–H groups in total. The van der Waals surface area contributed by atoms with Crippen LogP contribution in [0.4, 0.5) is 0 Å². The Morgan fingerprint density at radius 3 is 2.74 bits per heavy atom. The maximum atomic E-state index is 12.7. The zero-order valence-electron chi connectivity index (χ0n) is 12.9. The molecular formula is C15H19N5O2S. The normalized spacial score (nSPS) is 26.7. The molecule has 8 heteroatoms. The van der Waals surface area contributed by atoms with E-state index in [4.69, 9.17) is 0 Å². The van der Waals surface area contributed by atoms with E-state index in [1.165, 1.54) is 23.9 Å². The summed E-state index contributed by atoms with van der Waals surface area (Å²) in [6.07, 6.45) is 6.04. The van der Waals surface area contributed by atoms with Gasteiger partial charge in [0.2, 0.25) is 10.0 Å². The third-order valence-corrected chi connectivity index (χ3v) is 6.61. The van der Waals surface area contributed by atoms with E-state index in [1.54, 1.807) is 18.2 Å². The number of hydrogen-bond donors (Lipinski definition) is 1. The van der Waals surface area contributed by atoms with Gasteiger partial charge in [-0.3, -0.25) is 0 Å². The highest BCUT2D eigenvalue weighted by atomic mass is 32.2. The molecule has 2 saturated carbocycles. The fourth-order valence-electron chi connectivity index (χ4n) is 3.98. The molecule has 122 valence electrons. The van der Waals surface area contributed by atoms with Crippen LogP contribution in [-0.2, 0) is 10.0 Å². The van der Waals surface area contributed by atoms with Gasteiger partial charge in [-0.05, 0) is 72.2 Å². The van der Waals surface area contributed by atoms with Gasteiger partial charge in [0, 0.05) is 6.04 Å². The second-order valence-electron chi connectivity index (χ2n) is 6.61. The summed E-state index contributed by atoms with van der Waals surface area (Å²) in [6.45, 7) is 1.85. The molecular weight excluding hydrogens is 314 g/mol. The molecule has 7 nitrogen and oxygen atoms in total. The first kappa shape index (κ1) is 14.8. The molecule has 1 aromatic carbocycles. The lowest BCUT2D eigenvalue weighted by atomic mass is 9.96. The van der Waals surface area contributed by atoms with Crippen LogP contribution in [0.25, 0.3) is 5.69 Å². The number of nitrogens with zero attached hydrogens (tertiary/aromatic N) is 4. The maximum Gasteiger partial charge on any atom is 0.240 e. The average molecular weight is 333 g/mol. The number of sulfonamides is 1. The molecule has 0 unspecified atom stereocenters. The first-order valence-electron chi connectivity index (χ1n) is 7.89. The summed E-state index contributed by atoms with van der Waals surface area (Å²) in [4.78, 5) is 0.301. The molecule has 0 saturated heterocycles. The van der Waals surface area contributed by atoms with Crippen molar-refractivity contribution in [2.24, 2.45) is 11.8 Å². The molecule has 4 rings (SSSR count). The average Bonchev–Trinajstić information content (AvgIpc) is 3.24. The van der Waals surface area contributed by atoms with Gasteiger partial charge in [-0.1, -0.05) is 6.42 Å². The molecule has 2 fully saturated rings. The van der Waals surface area contributed by atoms with Gasteiger partial charge in [-0.2, -0.15) is 0 Å². The molecule has 2 aromatic rings. The summed E-state index contributed by atoms with van der Waals surface area (Å²) in [5, 5.41) is 11.0. The van der Waals surface area contributed by atoms with E-state index in [1.807, 2.05) is 6.92 Å². The molecule has 0 radical (unpaired) electrons. The maximum absolute atomic E-state index is 12.7.